The highest BCUT2D eigenvalue weighted by Gasteiger charge is 2.19. The molecule has 0 spiro atoms. The Hall–Kier alpha value is -3.37. The van der Waals surface area contributed by atoms with Crippen LogP contribution in [0.15, 0.2) is 62.1 Å². The number of aromatic nitrogens is 1. The highest BCUT2D eigenvalue weighted by Crippen LogP contribution is 2.28. The van der Waals surface area contributed by atoms with E-state index in [0.29, 0.717) is 16.5 Å². The molecule has 0 radical (unpaired) electrons. The van der Waals surface area contributed by atoms with Gasteiger partial charge in [-0.1, -0.05) is 17.7 Å². The summed E-state index contributed by atoms with van der Waals surface area (Å²) in [6, 6.07) is 11.9. The zero-order chi connectivity index (χ0) is 18.7. The third kappa shape index (κ3) is 3.36. The van der Waals surface area contributed by atoms with Gasteiger partial charge in [-0.3, -0.25) is 9.36 Å². The number of hydrogen-bond acceptors (Lipinski definition) is 6. The number of pyridine rings is 1. The van der Waals surface area contributed by atoms with Crippen LogP contribution in [-0.2, 0) is 6.54 Å². The van der Waals surface area contributed by atoms with Crippen LogP contribution in [-0.4, -0.2) is 9.67 Å². The summed E-state index contributed by atoms with van der Waals surface area (Å²) in [6.07, 6.45) is 1.45. The molecule has 0 bridgehead atoms. The number of hydrogen-bond donors (Lipinski definition) is 1. The second-order valence-corrected chi connectivity index (χ2v) is 5.87. The van der Waals surface area contributed by atoms with Gasteiger partial charge in [0.2, 0.25) is 5.88 Å². The van der Waals surface area contributed by atoms with E-state index in [1.54, 1.807) is 36.4 Å². The van der Waals surface area contributed by atoms with E-state index in [1.165, 1.54) is 13.2 Å². The summed E-state index contributed by atoms with van der Waals surface area (Å²) in [6.45, 7) is 1.50. The fraction of sp³-hybridized carbons (Fsp3) is 0.111. The molecule has 0 aliphatic carbocycles. The Bertz CT molecular complexity index is 1080. The molecular formula is C18H13ClN4O3. The second-order valence-electron chi connectivity index (χ2n) is 5.43. The Morgan fingerprint density at radius 2 is 2.12 bits per heavy atom. The lowest BCUT2D eigenvalue weighted by Gasteiger charge is -2.11. The van der Waals surface area contributed by atoms with Crippen molar-refractivity contribution in [3.05, 3.63) is 74.9 Å². The predicted octanol–water partition coefficient (Wildman–Crippen LogP) is 4.44. The number of halogens is 1. The third-order valence-corrected chi connectivity index (χ3v) is 3.97. The van der Waals surface area contributed by atoms with E-state index in [4.69, 9.17) is 16.0 Å². The molecule has 1 N–H and O–H groups in total. The van der Waals surface area contributed by atoms with Gasteiger partial charge in [-0.2, -0.15) is 10.4 Å². The molecule has 0 aliphatic rings. The van der Waals surface area contributed by atoms with Gasteiger partial charge in [0.05, 0.1) is 18.5 Å². The van der Waals surface area contributed by atoms with Gasteiger partial charge in [-0.15, -0.1) is 5.11 Å². The lowest BCUT2D eigenvalue weighted by atomic mass is 10.1. The molecule has 130 valence electrons. The zero-order valence-corrected chi connectivity index (χ0v) is 14.4. The van der Waals surface area contributed by atoms with Gasteiger partial charge in [0, 0.05) is 10.6 Å². The molecule has 0 amide bonds. The van der Waals surface area contributed by atoms with Crippen LogP contribution >= 0.6 is 11.6 Å². The van der Waals surface area contributed by atoms with Crippen LogP contribution in [0.5, 0.6) is 5.88 Å². The fourth-order valence-electron chi connectivity index (χ4n) is 2.41. The molecule has 0 fully saturated rings. The van der Waals surface area contributed by atoms with E-state index in [1.807, 2.05) is 6.07 Å². The summed E-state index contributed by atoms with van der Waals surface area (Å²) < 4.78 is 6.24. The van der Waals surface area contributed by atoms with Crippen LogP contribution < -0.4 is 5.56 Å². The minimum absolute atomic E-state index is 0.0354. The van der Waals surface area contributed by atoms with Gasteiger partial charge in [0.1, 0.15) is 17.4 Å². The Labute approximate surface area is 153 Å². The average molecular weight is 369 g/mol. The lowest BCUT2D eigenvalue weighted by Crippen LogP contribution is -2.22. The van der Waals surface area contributed by atoms with Gasteiger partial charge in [0.15, 0.2) is 5.69 Å². The number of azo groups is 1. The number of nitrogens with zero attached hydrogens (tertiary/aromatic N) is 4. The molecule has 1 aromatic carbocycles. The molecule has 0 aliphatic heterocycles. The average Bonchev–Trinajstić information content (AvgIpc) is 3.12. The molecule has 7 nitrogen and oxygen atoms in total. The van der Waals surface area contributed by atoms with Crippen LogP contribution in [0.4, 0.5) is 11.4 Å². The maximum absolute atomic E-state index is 12.8. The standard InChI is InChI=1S/C18H13ClN4O3/c1-11-15(9-20)17(24)23(10-14-6-3-7-26-14)18(25)16(11)22-21-13-5-2-4-12(19)8-13/h2-8,24H,10H2,1H3. The van der Waals surface area contributed by atoms with Gasteiger partial charge < -0.3 is 9.52 Å². The first-order chi connectivity index (χ1) is 12.5. The smallest absolute Gasteiger partial charge is 0.281 e. The molecule has 0 unspecified atom stereocenters. The SMILES string of the molecule is Cc1c(C#N)c(O)n(Cc2ccco2)c(=O)c1N=Nc1cccc(Cl)c1. The normalized spacial score (nSPS) is 11.0. The van der Waals surface area contributed by atoms with E-state index in [9.17, 15) is 15.2 Å². The molecule has 2 aromatic heterocycles. The van der Waals surface area contributed by atoms with Crippen molar-refractivity contribution < 1.29 is 9.52 Å². The summed E-state index contributed by atoms with van der Waals surface area (Å²) in [5, 5.41) is 28.1. The minimum Gasteiger partial charge on any atom is -0.493 e. The van der Waals surface area contributed by atoms with Crippen molar-refractivity contribution in [2.45, 2.75) is 13.5 Å². The molecular weight excluding hydrogens is 356 g/mol. The first-order valence-electron chi connectivity index (χ1n) is 7.57. The molecule has 8 heteroatoms. The van der Waals surface area contributed by atoms with Crippen molar-refractivity contribution in [3.63, 3.8) is 0 Å². The first-order valence-corrected chi connectivity index (χ1v) is 7.95. The van der Waals surface area contributed by atoms with Crippen LogP contribution in [0.1, 0.15) is 16.9 Å². The Kier molecular flexibility index (Phi) is 4.87. The fourth-order valence-corrected chi connectivity index (χ4v) is 2.59. The molecule has 2 heterocycles. The highest BCUT2D eigenvalue weighted by atomic mass is 35.5. The maximum Gasteiger partial charge on any atom is 0.281 e. The molecule has 3 rings (SSSR count). The second kappa shape index (κ2) is 7.25. The zero-order valence-electron chi connectivity index (χ0n) is 13.7. The number of nitriles is 1. The van der Waals surface area contributed by atoms with E-state index in [2.05, 4.69) is 10.2 Å². The Balaban J connectivity index is 2.12. The van der Waals surface area contributed by atoms with Crippen molar-refractivity contribution in [1.29, 1.82) is 5.26 Å². The molecule has 0 saturated heterocycles. The van der Waals surface area contributed by atoms with Gasteiger partial charge >= 0.3 is 0 Å². The van der Waals surface area contributed by atoms with E-state index in [-0.39, 0.29) is 23.4 Å². The third-order valence-electron chi connectivity index (χ3n) is 3.74. The topological polar surface area (TPSA) is 104 Å². The summed E-state index contributed by atoms with van der Waals surface area (Å²) in [5.74, 6) is 0.0148. The predicted molar refractivity (Wildman–Crippen MR) is 95.3 cm³/mol. The largest absolute Gasteiger partial charge is 0.493 e. The molecule has 0 saturated carbocycles. The minimum atomic E-state index is -0.582. The van der Waals surface area contributed by atoms with Gasteiger partial charge in [-0.25, -0.2) is 0 Å². The first kappa shape index (κ1) is 17.5. The summed E-state index contributed by atoms with van der Waals surface area (Å²) in [5.41, 5.74) is 0.0419. The molecule has 0 atom stereocenters. The number of aromatic hydroxyl groups is 1. The summed E-state index contributed by atoms with van der Waals surface area (Å²) in [7, 11) is 0. The van der Waals surface area contributed by atoms with Crippen LogP contribution in [0.2, 0.25) is 5.02 Å². The quantitative estimate of drug-likeness (QED) is 0.687. The van der Waals surface area contributed by atoms with Crippen molar-refractivity contribution >= 4 is 23.0 Å². The monoisotopic (exact) mass is 368 g/mol. The van der Waals surface area contributed by atoms with Crippen LogP contribution in [0.25, 0.3) is 0 Å². The maximum atomic E-state index is 12.8. The van der Waals surface area contributed by atoms with E-state index < -0.39 is 11.4 Å². The van der Waals surface area contributed by atoms with Crippen LogP contribution in [0, 0.1) is 18.3 Å². The summed E-state index contributed by atoms with van der Waals surface area (Å²) in [4.78, 5) is 12.8. The van der Waals surface area contributed by atoms with Gasteiger partial charge in [0.25, 0.3) is 5.56 Å². The van der Waals surface area contributed by atoms with E-state index >= 15 is 0 Å². The number of furan rings is 1. The molecule has 3 aromatic rings. The van der Waals surface area contributed by atoms with Gasteiger partial charge in [-0.05, 0) is 37.3 Å². The number of rotatable bonds is 4. The van der Waals surface area contributed by atoms with Crippen molar-refractivity contribution in [2.75, 3.05) is 0 Å². The molecule has 26 heavy (non-hydrogen) atoms. The van der Waals surface area contributed by atoms with Crippen molar-refractivity contribution in [1.82, 2.24) is 4.57 Å². The van der Waals surface area contributed by atoms with Crippen LogP contribution in [0.3, 0.4) is 0 Å². The Morgan fingerprint density at radius 3 is 2.77 bits per heavy atom. The Morgan fingerprint density at radius 1 is 1.31 bits per heavy atom. The summed E-state index contributed by atoms with van der Waals surface area (Å²) >= 11 is 5.91. The number of benzene rings is 1. The lowest BCUT2D eigenvalue weighted by molar-refractivity contribution is 0.397. The van der Waals surface area contributed by atoms with E-state index in [0.717, 1.165) is 4.57 Å². The highest BCUT2D eigenvalue weighted by molar-refractivity contribution is 6.30. The van der Waals surface area contributed by atoms with Crippen molar-refractivity contribution in [2.24, 2.45) is 10.2 Å². The van der Waals surface area contributed by atoms with Crippen molar-refractivity contribution in [3.8, 4) is 11.9 Å².